The normalized spacial score (nSPS) is 46.4. The van der Waals surface area contributed by atoms with Crippen LogP contribution < -0.4 is 0 Å². The van der Waals surface area contributed by atoms with Crippen LogP contribution in [0, 0.1) is 0 Å². The van der Waals surface area contributed by atoms with E-state index in [1.807, 2.05) is 0 Å². The molecule has 26 heavy (non-hydrogen) atoms. The smallest absolute Gasteiger partial charge is 0.221 e. The van der Waals surface area contributed by atoms with Crippen molar-refractivity contribution in [1.82, 2.24) is 0 Å². The zero-order chi connectivity index (χ0) is 19.7. The van der Waals surface area contributed by atoms with Crippen LogP contribution in [0.5, 0.6) is 0 Å². The van der Waals surface area contributed by atoms with Crippen LogP contribution in [0.2, 0.25) is 26.2 Å². The summed E-state index contributed by atoms with van der Waals surface area (Å²) in [5, 5.41) is 38.0. The topological polar surface area (TPSA) is 146 Å². The summed E-state index contributed by atoms with van der Waals surface area (Å²) in [4.78, 5) is 19.8. The molecular weight excluding hydrogens is 376 g/mol. The Labute approximate surface area is 154 Å². The van der Waals surface area contributed by atoms with E-state index in [0.29, 0.717) is 5.20 Å². The van der Waals surface area contributed by atoms with Crippen molar-refractivity contribution in [1.29, 1.82) is 0 Å². The summed E-state index contributed by atoms with van der Waals surface area (Å²) >= 11 is 0. The van der Waals surface area contributed by atoms with Crippen molar-refractivity contribution in [3.63, 3.8) is 0 Å². The zero-order valence-corrected chi connectivity index (χ0v) is 17.3. The molecule has 4 aliphatic rings. The highest BCUT2D eigenvalue weighted by atomic mass is 28.4. The first-order valence-electron chi connectivity index (χ1n) is 8.71. The fourth-order valence-corrected chi connectivity index (χ4v) is 7.34. The van der Waals surface area contributed by atoms with Crippen molar-refractivity contribution in [3.8, 4) is 0 Å². The number of rotatable bonds is 2. The van der Waals surface area contributed by atoms with Gasteiger partial charge in [0.15, 0.2) is 0 Å². The van der Waals surface area contributed by atoms with Gasteiger partial charge in [-0.3, -0.25) is 0 Å². The molecule has 2 saturated heterocycles. The lowest BCUT2D eigenvalue weighted by molar-refractivity contribution is 0.00941. The van der Waals surface area contributed by atoms with Gasteiger partial charge in [0.1, 0.15) is 48.0 Å². The van der Waals surface area contributed by atoms with Gasteiger partial charge in [-0.2, -0.15) is 0 Å². The Kier molecular flexibility index (Phi) is 4.93. The molecule has 148 valence electrons. The first kappa shape index (κ1) is 20.3. The molecule has 8 atom stereocenters. The second-order valence-electron chi connectivity index (χ2n) is 8.39. The second-order valence-corrected chi connectivity index (χ2v) is 16.0. The molecule has 8 nitrogen and oxygen atoms in total. The summed E-state index contributed by atoms with van der Waals surface area (Å²) in [5.74, 6) is 0. The predicted molar refractivity (Wildman–Crippen MR) is 96.9 cm³/mol. The molecule has 2 aliphatic heterocycles. The first-order valence-corrected chi connectivity index (χ1v) is 14.6. The highest BCUT2D eigenvalue weighted by Gasteiger charge is 2.72. The standard InChI is InChI=1S/2C8H14O4Si/c1-13(2,11)5-3-4-8(12-4)7(10)6(5)9;1-13(2,11)8-6(12-8)4-3-5(9)7(8)10/h3-4,6-11H,1-2H3;3-7,9-11H,1-2H3/t4?,6-,7-,8-;5-,6?,7-,8?/m10/s1. The molecule has 10 heteroatoms. The SMILES string of the molecule is C[Si](C)(O)C12OC1C=C[C@H](O)[C@@H]2O.C[Si](C)(O)C1=CC2O[C@H]2[C@H](O)[C@@H]1O. The van der Waals surface area contributed by atoms with Crippen LogP contribution in [0.3, 0.4) is 0 Å². The molecule has 0 aromatic heterocycles. The first-order chi connectivity index (χ1) is 11.8. The number of epoxide rings is 2. The van der Waals surface area contributed by atoms with Gasteiger partial charge >= 0.3 is 0 Å². The van der Waals surface area contributed by atoms with Gasteiger partial charge in [-0.1, -0.05) is 18.2 Å². The maximum Gasteiger partial charge on any atom is 0.221 e. The van der Waals surface area contributed by atoms with Crippen LogP contribution in [0.4, 0.5) is 0 Å². The third-order valence-electron chi connectivity index (χ3n) is 5.48. The van der Waals surface area contributed by atoms with Crippen molar-refractivity contribution in [2.24, 2.45) is 0 Å². The van der Waals surface area contributed by atoms with Crippen LogP contribution >= 0.6 is 0 Å². The number of hydrogen-bond acceptors (Lipinski definition) is 8. The van der Waals surface area contributed by atoms with Crippen molar-refractivity contribution < 1.29 is 39.5 Å². The van der Waals surface area contributed by atoms with E-state index in [9.17, 15) is 30.0 Å². The Balaban J connectivity index is 0.000000151. The van der Waals surface area contributed by atoms with Crippen molar-refractivity contribution in [3.05, 3.63) is 23.4 Å². The molecule has 2 heterocycles. The Morgan fingerprint density at radius 3 is 2.12 bits per heavy atom. The van der Waals surface area contributed by atoms with Gasteiger partial charge in [-0.05, 0) is 31.4 Å². The van der Waals surface area contributed by atoms with E-state index in [2.05, 4.69) is 0 Å². The monoisotopic (exact) mass is 404 g/mol. The number of aliphatic hydroxyl groups is 4. The summed E-state index contributed by atoms with van der Waals surface area (Å²) in [6, 6.07) is 0. The molecular formula is C16H28O8Si2. The third kappa shape index (κ3) is 3.28. The fraction of sp³-hybridized carbons (Fsp3) is 0.750. The zero-order valence-electron chi connectivity index (χ0n) is 15.3. The highest BCUT2D eigenvalue weighted by Crippen LogP contribution is 2.50. The molecule has 4 rings (SSSR count). The van der Waals surface area contributed by atoms with Gasteiger partial charge in [0.25, 0.3) is 0 Å². The van der Waals surface area contributed by atoms with Crippen LogP contribution in [-0.4, -0.2) is 94.6 Å². The van der Waals surface area contributed by atoms with Crippen LogP contribution in [0.25, 0.3) is 0 Å². The Morgan fingerprint density at radius 1 is 1.00 bits per heavy atom. The average Bonchev–Trinajstić information content (AvgIpc) is 3.38. The quantitative estimate of drug-likeness (QED) is 0.181. The molecule has 0 bridgehead atoms. The maximum absolute atomic E-state index is 9.94. The Hall–Kier alpha value is -0.406. The maximum atomic E-state index is 9.94. The molecule has 2 aliphatic carbocycles. The molecule has 2 fully saturated rings. The van der Waals surface area contributed by atoms with Gasteiger partial charge in [0.05, 0.1) is 0 Å². The van der Waals surface area contributed by atoms with Crippen molar-refractivity contribution in [2.45, 2.75) is 74.1 Å². The van der Waals surface area contributed by atoms with Gasteiger partial charge in [0.2, 0.25) is 16.6 Å². The molecule has 0 aromatic rings. The van der Waals surface area contributed by atoms with Gasteiger partial charge in [-0.15, -0.1) is 0 Å². The molecule has 6 N–H and O–H groups in total. The molecule has 0 amide bonds. The lowest BCUT2D eigenvalue weighted by Crippen LogP contribution is -2.58. The molecule has 0 saturated carbocycles. The average molecular weight is 405 g/mol. The Morgan fingerprint density at radius 2 is 1.62 bits per heavy atom. The van der Waals surface area contributed by atoms with E-state index in [0.717, 1.165) is 0 Å². The Bertz CT molecular complexity index is 625. The molecule has 0 aromatic carbocycles. The fourth-order valence-electron chi connectivity index (χ4n) is 3.77. The summed E-state index contributed by atoms with van der Waals surface area (Å²) < 4.78 is 10.4. The summed E-state index contributed by atoms with van der Waals surface area (Å²) in [6.07, 6.45) is 0.698. The lowest BCUT2D eigenvalue weighted by Gasteiger charge is -2.32. The number of fused-ring (bicyclic) bond motifs is 2. The summed E-state index contributed by atoms with van der Waals surface area (Å²) in [5.41, 5.74) is 0. The van der Waals surface area contributed by atoms with Crippen LogP contribution in [0.15, 0.2) is 23.4 Å². The number of aliphatic hydroxyl groups excluding tert-OH is 4. The lowest BCUT2D eigenvalue weighted by atomic mass is 10.0. The number of hydrogen-bond donors (Lipinski definition) is 6. The molecule has 3 unspecified atom stereocenters. The van der Waals surface area contributed by atoms with E-state index in [4.69, 9.17) is 9.47 Å². The van der Waals surface area contributed by atoms with Crippen molar-refractivity contribution in [2.75, 3.05) is 0 Å². The van der Waals surface area contributed by atoms with E-state index >= 15 is 0 Å². The minimum atomic E-state index is -2.59. The largest absolute Gasteiger partial charge is 0.429 e. The minimum Gasteiger partial charge on any atom is -0.429 e. The van der Waals surface area contributed by atoms with E-state index < -0.39 is 46.3 Å². The second kappa shape index (κ2) is 6.31. The summed E-state index contributed by atoms with van der Waals surface area (Å²) in [7, 11) is -5.10. The molecule has 0 radical (unpaired) electrons. The molecule has 0 spiro atoms. The van der Waals surface area contributed by atoms with E-state index in [-0.39, 0.29) is 18.3 Å². The van der Waals surface area contributed by atoms with Gasteiger partial charge < -0.3 is 39.5 Å². The third-order valence-corrected chi connectivity index (χ3v) is 9.97. The predicted octanol–water partition coefficient (Wildman–Crippen LogP) is -1.70. The van der Waals surface area contributed by atoms with Gasteiger partial charge in [-0.25, -0.2) is 0 Å². The van der Waals surface area contributed by atoms with Crippen LogP contribution in [0.1, 0.15) is 0 Å². The number of ether oxygens (including phenoxy) is 2. The van der Waals surface area contributed by atoms with Gasteiger partial charge in [0, 0.05) is 0 Å². The van der Waals surface area contributed by atoms with Crippen molar-refractivity contribution >= 4 is 16.6 Å². The highest BCUT2D eigenvalue weighted by molar-refractivity contribution is 6.77. The summed E-state index contributed by atoms with van der Waals surface area (Å²) in [6.45, 7) is 6.86. The van der Waals surface area contributed by atoms with Crippen LogP contribution in [-0.2, 0) is 9.47 Å². The van der Waals surface area contributed by atoms with E-state index in [1.165, 1.54) is 6.08 Å². The van der Waals surface area contributed by atoms with E-state index in [1.54, 1.807) is 38.3 Å². The minimum absolute atomic E-state index is 0.0904.